The van der Waals surface area contributed by atoms with Gasteiger partial charge in [0.15, 0.2) is 0 Å². The molecular formula is C17H23ClN2O4. The van der Waals surface area contributed by atoms with Gasteiger partial charge in [0, 0.05) is 24.4 Å². The minimum Gasteiger partial charge on any atom is -0.481 e. The molecule has 0 fully saturated rings. The van der Waals surface area contributed by atoms with Crippen LogP contribution in [0.3, 0.4) is 0 Å². The summed E-state index contributed by atoms with van der Waals surface area (Å²) in [5.41, 5.74) is 0.677. The molecule has 3 N–H and O–H groups in total. The maximum absolute atomic E-state index is 12.0. The molecule has 1 rings (SSSR count). The summed E-state index contributed by atoms with van der Waals surface area (Å²) in [5, 5.41) is 15.0. The average molecular weight is 355 g/mol. The van der Waals surface area contributed by atoms with Crippen molar-refractivity contribution in [2.24, 2.45) is 0 Å². The van der Waals surface area contributed by atoms with Gasteiger partial charge in [-0.2, -0.15) is 0 Å². The highest BCUT2D eigenvalue weighted by Crippen LogP contribution is 2.19. The number of benzene rings is 1. The van der Waals surface area contributed by atoms with Gasteiger partial charge < -0.3 is 15.7 Å². The third-order valence-electron chi connectivity index (χ3n) is 3.37. The molecule has 2 amide bonds. The van der Waals surface area contributed by atoms with Crippen LogP contribution in [0.5, 0.6) is 0 Å². The van der Waals surface area contributed by atoms with Gasteiger partial charge in [-0.25, -0.2) is 0 Å². The molecule has 0 saturated carbocycles. The molecule has 0 spiro atoms. The largest absolute Gasteiger partial charge is 0.481 e. The Balaban J connectivity index is 2.51. The van der Waals surface area contributed by atoms with E-state index < -0.39 is 12.0 Å². The van der Waals surface area contributed by atoms with E-state index in [0.29, 0.717) is 23.6 Å². The zero-order chi connectivity index (χ0) is 17.9. The fraction of sp³-hybridized carbons (Fsp3) is 0.471. The molecule has 24 heavy (non-hydrogen) atoms. The van der Waals surface area contributed by atoms with Crippen LogP contribution in [0.1, 0.15) is 50.6 Å². The summed E-state index contributed by atoms with van der Waals surface area (Å²) < 4.78 is 0. The summed E-state index contributed by atoms with van der Waals surface area (Å²) in [6.07, 6.45) is 1.51. The maximum atomic E-state index is 12.0. The van der Waals surface area contributed by atoms with Crippen LogP contribution in [0.2, 0.25) is 5.02 Å². The molecule has 7 heteroatoms. The number of halogens is 1. The van der Waals surface area contributed by atoms with Gasteiger partial charge in [-0.1, -0.05) is 30.7 Å². The predicted molar refractivity (Wildman–Crippen MR) is 91.7 cm³/mol. The highest BCUT2D eigenvalue weighted by atomic mass is 35.5. The monoisotopic (exact) mass is 354 g/mol. The van der Waals surface area contributed by atoms with Crippen molar-refractivity contribution in [2.75, 3.05) is 6.54 Å². The van der Waals surface area contributed by atoms with Crippen molar-refractivity contribution < 1.29 is 19.5 Å². The lowest BCUT2D eigenvalue weighted by Gasteiger charge is -2.17. The number of hydrogen-bond donors (Lipinski definition) is 3. The van der Waals surface area contributed by atoms with Crippen molar-refractivity contribution in [1.29, 1.82) is 0 Å². The number of hydrogen-bond acceptors (Lipinski definition) is 3. The van der Waals surface area contributed by atoms with Crippen LogP contribution in [0.4, 0.5) is 0 Å². The van der Waals surface area contributed by atoms with Crippen molar-refractivity contribution >= 4 is 29.4 Å². The molecule has 0 saturated heterocycles. The molecule has 1 atom stereocenters. The molecule has 1 aromatic carbocycles. The number of aliphatic carboxylic acids is 1. The summed E-state index contributed by atoms with van der Waals surface area (Å²) in [4.78, 5) is 34.5. The lowest BCUT2D eigenvalue weighted by atomic mass is 10.0. The Morgan fingerprint density at radius 3 is 2.33 bits per heavy atom. The molecule has 0 unspecified atom stereocenters. The number of rotatable bonds is 10. The standard InChI is InChI=1S/C17H23ClN2O4/c1-2-10-19-15(21)4-3-5-16(22)20-14(11-17(23)24)12-6-8-13(18)9-7-12/h6-9,14H,2-5,10-11H2,1H3,(H,19,21)(H,20,22)(H,23,24)/t14-/m0/s1. The van der Waals surface area contributed by atoms with E-state index in [-0.39, 0.29) is 31.1 Å². The quantitative estimate of drug-likeness (QED) is 0.602. The van der Waals surface area contributed by atoms with Crippen molar-refractivity contribution in [3.8, 4) is 0 Å². The van der Waals surface area contributed by atoms with Gasteiger partial charge in [-0.3, -0.25) is 14.4 Å². The topological polar surface area (TPSA) is 95.5 Å². The summed E-state index contributed by atoms with van der Waals surface area (Å²) in [6, 6.07) is 6.05. The minimum absolute atomic E-state index is 0.0792. The fourth-order valence-electron chi connectivity index (χ4n) is 2.15. The molecule has 0 aliphatic carbocycles. The Hall–Kier alpha value is -2.08. The van der Waals surface area contributed by atoms with E-state index in [0.717, 1.165) is 6.42 Å². The van der Waals surface area contributed by atoms with Gasteiger partial charge >= 0.3 is 5.97 Å². The first-order valence-electron chi connectivity index (χ1n) is 7.95. The number of carbonyl (C=O) groups excluding carboxylic acids is 2. The molecule has 0 radical (unpaired) electrons. The van der Waals surface area contributed by atoms with E-state index in [1.807, 2.05) is 6.92 Å². The van der Waals surface area contributed by atoms with Crippen molar-refractivity contribution in [3.05, 3.63) is 34.9 Å². The van der Waals surface area contributed by atoms with Gasteiger partial charge in [0.2, 0.25) is 11.8 Å². The van der Waals surface area contributed by atoms with Crippen LogP contribution in [0.25, 0.3) is 0 Å². The van der Waals surface area contributed by atoms with Gasteiger partial charge in [0.1, 0.15) is 0 Å². The Morgan fingerprint density at radius 1 is 1.12 bits per heavy atom. The van der Waals surface area contributed by atoms with E-state index >= 15 is 0 Å². The first kappa shape index (κ1) is 20.0. The normalized spacial score (nSPS) is 11.6. The van der Waals surface area contributed by atoms with Crippen LogP contribution < -0.4 is 10.6 Å². The fourth-order valence-corrected chi connectivity index (χ4v) is 2.28. The van der Waals surface area contributed by atoms with Crippen LogP contribution in [0.15, 0.2) is 24.3 Å². The van der Waals surface area contributed by atoms with E-state index in [9.17, 15) is 14.4 Å². The lowest BCUT2D eigenvalue weighted by molar-refractivity contribution is -0.137. The third kappa shape index (κ3) is 7.97. The molecule has 1 aromatic rings. The second kappa shape index (κ2) is 10.6. The maximum Gasteiger partial charge on any atom is 0.305 e. The Kier molecular flexibility index (Phi) is 8.86. The average Bonchev–Trinajstić information content (AvgIpc) is 2.52. The van der Waals surface area contributed by atoms with Crippen LogP contribution in [-0.4, -0.2) is 29.4 Å². The summed E-state index contributed by atoms with van der Waals surface area (Å²) in [5.74, 6) is -1.36. The highest BCUT2D eigenvalue weighted by Gasteiger charge is 2.18. The second-order valence-electron chi connectivity index (χ2n) is 5.47. The van der Waals surface area contributed by atoms with Gasteiger partial charge in [-0.15, -0.1) is 0 Å². The van der Waals surface area contributed by atoms with E-state index in [1.165, 1.54) is 0 Å². The zero-order valence-electron chi connectivity index (χ0n) is 13.7. The first-order chi connectivity index (χ1) is 11.4. The molecule has 0 bridgehead atoms. The molecular weight excluding hydrogens is 332 g/mol. The summed E-state index contributed by atoms with van der Waals surface area (Å²) >= 11 is 5.82. The smallest absolute Gasteiger partial charge is 0.305 e. The predicted octanol–water partition coefficient (Wildman–Crippen LogP) is 2.67. The van der Waals surface area contributed by atoms with Gasteiger partial charge in [0.05, 0.1) is 12.5 Å². The Bertz CT molecular complexity index is 560. The molecule has 0 aliphatic heterocycles. The number of amides is 2. The molecule has 132 valence electrons. The van der Waals surface area contributed by atoms with Crippen molar-refractivity contribution in [3.63, 3.8) is 0 Å². The zero-order valence-corrected chi connectivity index (χ0v) is 14.4. The molecule has 0 aliphatic rings. The van der Waals surface area contributed by atoms with Crippen LogP contribution in [0, 0.1) is 0 Å². The lowest BCUT2D eigenvalue weighted by Crippen LogP contribution is -2.30. The highest BCUT2D eigenvalue weighted by molar-refractivity contribution is 6.30. The van der Waals surface area contributed by atoms with E-state index in [1.54, 1.807) is 24.3 Å². The molecule has 0 aromatic heterocycles. The molecule has 6 nitrogen and oxygen atoms in total. The number of carboxylic acids is 1. The van der Waals surface area contributed by atoms with Crippen molar-refractivity contribution in [1.82, 2.24) is 10.6 Å². The Labute approximate surface area is 146 Å². The SMILES string of the molecule is CCCNC(=O)CCCC(=O)N[C@@H](CC(=O)O)c1ccc(Cl)cc1. The number of carbonyl (C=O) groups is 3. The van der Waals surface area contributed by atoms with E-state index in [4.69, 9.17) is 16.7 Å². The number of nitrogens with one attached hydrogen (secondary N) is 2. The van der Waals surface area contributed by atoms with Gasteiger partial charge in [-0.05, 0) is 30.5 Å². The van der Waals surface area contributed by atoms with Crippen LogP contribution in [-0.2, 0) is 14.4 Å². The second-order valence-corrected chi connectivity index (χ2v) is 5.91. The molecule has 0 heterocycles. The van der Waals surface area contributed by atoms with E-state index in [2.05, 4.69) is 10.6 Å². The van der Waals surface area contributed by atoms with Crippen LogP contribution >= 0.6 is 11.6 Å². The summed E-state index contributed by atoms with van der Waals surface area (Å²) in [7, 11) is 0. The number of carboxylic acid groups (broad SMARTS) is 1. The van der Waals surface area contributed by atoms with Crippen molar-refractivity contribution in [2.45, 2.75) is 45.1 Å². The minimum atomic E-state index is -1.01. The third-order valence-corrected chi connectivity index (χ3v) is 3.62. The Morgan fingerprint density at radius 2 is 1.75 bits per heavy atom. The van der Waals surface area contributed by atoms with Gasteiger partial charge in [0.25, 0.3) is 0 Å². The summed E-state index contributed by atoms with van der Waals surface area (Å²) in [6.45, 7) is 2.59. The first-order valence-corrected chi connectivity index (χ1v) is 8.33.